The summed E-state index contributed by atoms with van der Waals surface area (Å²) in [6, 6.07) is 8.41. The van der Waals surface area contributed by atoms with E-state index in [9.17, 15) is 9.59 Å². The van der Waals surface area contributed by atoms with Crippen molar-refractivity contribution in [3.05, 3.63) is 41.1 Å². The van der Waals surface area contributed by atoms with Crippen molar-refractivity contribution >= 4 is 23.5 Å². The number of allylic oxidation sites excluding steroid dienone is 1. The van der Waals surface area contributed by atoms with Crippen LogP contribution in [-0.2, 0) is 25.6 Å². The van der Waals surface area contributed by atoms with E-state index in [0.717, 1.165) is 36.8 Å². The fourth-order valence-electron chi connectivity index (χ4n) is 3.15. The highest BCUT2D eigenvalue weighted by atomic mass is 16.7. The van der Waals surface area contributed by atoms with E-state index in [1.165, 1.54) is 37.7 Å². The van der Waals surface area contributed by atoms with E-state index in [1.807, 2.05) is 12.1 Å². The fraction of sp³-hybridized carbons (Fsp3) is 0.522. The predicted molar refractivity (Wildman–Crippen MR) is 118 cm³/mol. The van der Waals surface area contributed by atoms with Gasteiger partial charge in [-0.25, -0.2) is 0 Å². The number of amides is 1. The summed E-state index contributed by atoms with van der Waals surface area (Å²) in [4.78, 5) is 31.3. The Kier molecular flexibility index (Phi) is 11.4. The van der Waals surface area contributed by atoms with E-state index in [0.29, 0.717) is 5.70 Å². The first kappa shape index (κ1) is 25.4. The number of carbonyl (C=O) groups is 2. The highest BCUT2D eigenvalue weighted by molar-refractivity contribution is 6.12. The number of aryl methyl sites for hydroxylation is 1. The summed E-state index contributed by atoms with van der Waals surface area (Å²) in [6.45, 7) is 5.92. The normalized spacial score (nSPS) is 14.8. The highest BCUT2D eigenvalue weighted by Gasteiger charge is 2.34. The van der Waals surface area contributed by atoms with Crippen molar-refractivity contribution in [1.82, 2.24) is 5.06 Å². The number of unbranched alkanes of at least 4 members (excludes halogenated alkanes) is 3. The summed E-state index contributed by atoms with van der Waals surface area (Å²) in [5.41, 5.74) is 3.77. The molecule has 0 radical (unpaired) electrons. The molecule has 7 heteroatoms. The lowest BCUT2D eigenvalue weighted by molar-refractivity contribution is -0.136. The number of aliphatic imine (C=N–C) groups is 1. The number of ether oxygens (including phenoxy) is 1. The molecule has 0 saturated carbocycles. The van der Waals surface area contributed by atoms with E-state index in [2.05, 4.69) is 31.0 Å². The van der Waals surface area contributed by atoms with Crippen LogP contribution in [-0.4, -0.2) is 42.3 Å². The van der Waals surface area contributed by atoms with Crippen molar-refractivity contribution in [2.75, 3.05) is 14.2 Å². The van der Waals surface area contributed by atoms with Crippen LogP contribution in [0, 0.1) is 0 Å². The van der Waals surface area contributed by atoms with Crippen molar-refractivity contribution in [3.8, 4) is 0 Å². The SMILES string of the molecule is CCC(=O)O.CCCCCCC(=C1C(=O)N=C(OC)N1OC)c1ccccc1CC. The Hall–Kier alpha value is -2.67. The molecular weight excluding hydrogens is 384 g/mol. The molecule has 7 nitrogen and oxygen atoms in total. The van der Waals surface area contributed by atoms with Gasteiger partial charge in [0.1, 0.15) is 5.70 Å². The van der Waals surface area contributed by atoms with Gasteiger partial charge in [-0.15, -0.1) is 0 Å². The van der Waals surface area contributed by atoms with E-state index < -0.39 is 5.97 Å². The number of nitrogens with zero attached hydrogens (tertiary/aromatic N) is 2. The Bertz CT molecular complexity index is 771. The van der Waals surface area contributed by atoms with Gasteiger partial charge in [-0.05, 0) is 36.0 Å². The summed E-state index contributed by atoms with van der Waals surface area (Å²) in [7, 11) is 3.01. The number of methoxy groups -OCH3 is 1. The summed E-state index contributed by atoms with van der Waals surface area (Å²) < 4.78 is 5.20. The van der Waals surface area contributed by atoms with Crippen LogP contribution in [0.3, 0.4) is 0 Å². The molecule has 0 spiro atoms. The largest absolute Gasteiger partial charge is 0.481 e. The first-order valence-corrected chi connectivity index (χ1v) is 10.5. The predicted octanol–water partition coefficient (Wildman–Crippen LogP) is 4.82. The third kappa shape index (κ3) is 6.99. The monoisotopic (exact) mass is 418 g/mol. The van der Waals surface area contributed by atoms with Crippen molar-refractivity contribution in [2.45, 2.75) is 65.7 Å². The Balaban J connectivity index is 0.000000804. The Labute approximate surface area is 179 Å². The molecular formula is C23H34N2O5. The molecule has 0 aromatic heterocycles. The van der Waals surface area contributed by atoms with Crippen molar-refractivity contribution < 1.29 is 24.3 Å². The number of amidine groups is 1. The summed E-state index contributed by atoms with van der Waals surface area (Å²) >= 11 is 0. The minimum absolute atomic E-state index is 0.183. The molecule has 0 aliphatic carbocycles. The van der Waals surface area contributed by atoms with Gasteiger partial charge in [-0.3, -0.25) is 14.4 Å². The molecule has 1 aromatic rings. The number of benzene rings is 1. The molecule has 166 valence electrons. The van der Waals surface area contributed by atoms with Crippen LogP contribution in [0.25, 0.3) is 5.57 Å². The minimum atomic E-state index is -0.745. The van der Waals surface area contributed by atoms with Crippen LogP contribution in [0.2, 0.25) is 0 Å². The lowest BCUT2D eigenvalue weighted by Gasteiger charge is -2.21. The zero-order chi connectivity index (χ0) is 22.5. The number of carboxylic acid groups (broad SMARTS) is 1. The zero-order valence-corrected chi connectivity index (χ0v) is 18.7. The molecule has 0 saturated heterocycles. The van der Waals surface area contributed by atoms with Gasteiger partial charge in [0.2, 0.25) is 0 Å². The second kappa shape index (κ2) is 13.5. The second-order valence-corrected chi connectivity index (χ2v) is 6.78. The molecule has 1 heterocycles. The molecule has 1 aliphatic rings. The average molecular weight is 419 g/mol. The van der Waals surface area contributed by atoms with Crippen molar-refractivity contribution in [2.24, 2.45) is 4.99 Å². The van der Waals surface area contributed by atoms with Gasteiger partial charge >= 0.3 is 17.9 Å². The zero-order valence-electron chi connectivity index (χ0n) is 18.7. The van der Waals surface area contributed by atoms with Gasteiger partial charge in [-0.1, -0.05) is 64.3 Å². The van der Waals surface area contributed by atoms with Crippen LogP contribution in [0.1, 0.15) is 70.4 Å². The number of rotatable bonds is 9. The maximum Gasteiger partial charge on any atom is 0.325 e. The maximum atomic E-state index is 12.6. The Morgan fingerprint density at radius 1 is 1.10 bits per heavy atom. The van der Waals surface area contributed by atoms with Crippen LogP contribution >= 0.6 is 0 Å². The van der Waals surface area contributed by atoms with E-state index in [-0.39, 0.29) is 18.3 Å². The number of hydrogen-bond donors (Lipinski definition) is 1. The minimum Gasteiger partial charge on any atom is -0.481 e. The van der Waals surface area contributed by atoms with Crippen molar-refractivity contribution in [3.63, 3.8) is 0 Å². The first-order chi connectivity index (χ1) is 14.4. The van der Waals surface area contributed by atoms with Crippen LogP contribution in [0.15, 0.2) is 35.0 Å². The van der Waals surface area contributed by atoms with E-state index >= 15 is 0 Å². The molecule has 0 unspecified atom stereocenters. The number of hydrogen-bond acceptors (Lipinski definition) is 5. The quantitative estimate of drug-likeness (QED) is 0.457. The molecule has 30 heavy (non-hydrogen) atoms. The highest BCUT2D eigenvalue weighted by Crippen LogP contribution is 2.33. The number of aliphatic carboxylic acids is 1. The molecule has 2 rings (SSSR count). The van der Waals surface area contributed by atoms with Gasteiger partial charge in [0.05, 0.1) is 14.2 Å². The maximum absolute atomic E-state index is 12.6. The molecule has 1 aromatic carbocycles. The number of hydroxylamine groups is 2. The molecule has 0 bridgehead atoms. The molecule has 0 fully saturated rings. The van der Waals surface area contributed by atoms with E-state index in [1.54, 1.807) is 6.92 Å². The van der Waals surface area contributed by atoms with Gasteiger partial charge in [0.15, 0.2) is 0 Å². The van der Waals surface area contributed by atoms with Gasteiger partial charge in [-0.2, -0.15) is 10.1 Å². The first-order valence-electron chi connectivity index (χ1n) is 10.5. The fourth-order valence-corrected chi connectivity index (χ4v) is 3.15. The van der Waals surface area contributed by atoms with Crippen LogP contribution in [0.5, 0.6) is 0 Å². The molecule has 1 N–H and O–H groups in total. The lowest BCUT2D eigenvalue weighted by atomic mass is 9.92. The third-order valence-electron chi connectivity index (χ3n) is 4.73. The Morgan fingerprint density at radius 3 is 2.30 bits per heavy atom. The molecule has 1 amide bonds. The summed E-state index contributed by atoms with van der Waals surface area (Å²) in [5.74, 6) is -1.06. The number of carboxylic acids is 1. The lowest BCUT2D eigenvalue weighted by Crippen LogP contribution is -2.28. The second-order valence-electron chi connectivity index (χ2n) is 6.78. The Morgan fingerprint density at radius 2 is 1.77 bits per heavy atom. The summed E-state index contributed by atoms with van der Waals surface area (Å²) in [5, 5.41) is 9.13. The average Bonchev–Trinajstić information content (AvgIpc) is 3.09. The van der Waals surface area contributed by atoms with Crippen LogP contribution < -0.4 is 0 Å². The van der Waals surface area contributed by atoms with Crippen molar-refractivity contribution in [1.29, 1.82) is 0 Å². The summed E-state index contributed by atoms with van der Waals surface area (Å²) in [6.07, 6.45) is 6.47. The van der Waals surface area contributed by atoms with Gasteiger partial charge in [0.25, 0.3) is 0 Å². The molecule has 1 aliphatic heterocycles. The van der Waals surface area contributed by atoms with Crippen LogP contribution in [0.4, 0.5) is 0 Å². The van der Waals surface area contributed by atoms with Gasteiger partial charge < -0.3 is 9.84 Å². The van der Waals surface area contributed by atoms with Gasteiger partial charge in [0, 0.05) is 6.42 Å². The standard InChI is InChI=1S/C20H28N2O3.C3H6O2/c1-5-7-8-9-14-17(16-13-11-10-12-15(16)6-2)18-19(23)21-20(24-3)22(18)25-4;1-2-3(4)5/h10-13H,5-9,14H2,1-4H3;2H2,1H3,(H,4,5). The molecule has 0 atom stereocenters. The number of carbonyl (C=O) groups excluding carboxylic acids is 1. The van der Waals surface area contributed by atoms with E-state index in [4.69, 9.17) is 14.7 Å². The third-order valence-corrected chi connectivity index (χ3v) is 4.73. The topological polar surface area (TPSA) is 88.4 Å². The smallest absolute Gasteiger partial charge is 0.325 e.